The van der Waals surface area contributed by atoms with Gasteiger partial charge in [-0.25, -0.2) is 4.99 Å². The van der Waals surface area contributed by atoms with Crippen molar-refractivity contribution in [2.24, 2.45) is 4.99 Å². The quantitative estimate of drug-likeness (QED) is 0.713. The van der Waals surface area contributed by atoms with E-state index in [0.717, 1.165) is 22.0 Å². The van der Waals surface area contributed by atoms with Crippen molar-refractivity contribution in [3.63, 3.8) is 0 Å². The van der Waals surface area contributed by atoms with Crippen LogP contribution in [0.4, 0.5) is 0 Å². The van der Waals surface area contributed by atoms with E-state index in [2.05, 4.69) is 34.2 Å². The average Bonchev–Trinajstić information content (AvgIpc) is 3.05. The number of benzene rings is 2. The molecule has 2 heterocycles. The highest BCUT2D eigenvalue weighted by atomic mass is 16.5. The van der Waals surface area contributed by atoms with E-state index in [1.807, 2.05) is 36.4 Å². The monoisotopic (exact) mass is 274 g/mol. The van der Waals surface area contributed by atoms with Gasteiger partial charge in [0.25, 0.3) is 0 Å². The fourth-order valence-electron chi connectivity index (χ4n) is 2.64. The van der Waals surface area contributed by atoms with Crippen LogP contribution in [0.25, 0.3) is 10.8 Å². The van der Waals surface area contributed by atoms with Gasteiger partial charge in [0.1, 0.15) is 11.8 Å². The summed E-state index contributed by atoms with van der Waals surface area (Å²) in [6.45, 7) is 0.643. The minimum absolute atomic E-state index is 0.0121. The van der Waals surface area contributed by atoms with Gasteiger partial charge in [-0.15, -0.1) is 0 Å². The fourth-order valence-corrected chi connectivity index (χ4v) is 2.64. The number of fused-ring (bicyclic) bond motifs is 1. The van der Waals surface area contributed by atoms with Crippen molar-refractivity contribution >= 4 is 16.7 Å². The second kappa shape index (κ2) is 5.02. The summed E-state index contributed by atoms with van der Waals surface area (Å²) < 4.78 is 6.03. The lowest BCUT2D eigenvalue weighted by molar-refractivity contribution is 0.230. The molecule has 0 unspecified atom stereocenters. The topological polar surface area (TPSA) is 34.5 Å². The van der Waals surface area contributed by atoms with Crippen molar-refractivity contribution in [2.45, 2.75) is 6.10 Å². The molecule has 3 nitrogen and oxygen atoms in total. The van der Waals surface area contributed by atoms with Crippen molar-refractivity contribution in [1.82, 2.24) is 4.98 Å². The normalized spacial score (nSPS) is 17.5. The summed E-state index contributed by atoms with van der Waals surface area (Å²) in [6.07, 6.45) is 1.79. The molecular formula is C18H14N2O. The van der Waals surface area contributed by atoms with E-state index in [4.69, 9.17) is 4.74 Å². The molecule has 0 bridgehead atoms. The standard InChI is InChI=1S/C18H14N2O/c1-2-7-14(8-3-1)16-12-20-18(21-16)17-15-9-5-4-6-13(15)10-11-19-17/h1-11,16H,12H2/t16-/m1/s1. The highest BCUT2D eigenvalue weighted by Gasteiger charge is 2.24. The van der Waals surface area contributed by atoms with Crippen LogP contribution in [0.3, 0.4) is 0 Å². The van der Waals surface area contributed by atoms with E-state index < -0.39 is 0 Å². The smallest absolute Gasteiger partial charge is 0.236 e. The van der Waals surface area contributed by atoms with Crippen molar-refractivity contribution < 1.29 is 4.74 Å². The maximum atomic E-state index is 6.03. The number of aliphatic imine (C=N–C) groups is 1. The van der Waals surface area contributed by atoms with E-state index >= 15 is 0 Å². The molecule has 1 atom stereocenters. The molecule has 102 valence electrons. The number of aromatic nitrogens is 1. The third kappa shape index (κ3) is 2.17. The van der Waals surface area contributed by atoms with Crippen LogP contribution in [0.5, 0.6) is 0 Å². The third-order valence-electron chi connectivity index (χ3n) is 3.70. The largest absolute Gasteiger partial charge is 0.466 e. The molecule has 1 aliphatic heterocycles. The molecule has 3 heteroatoms. The van der Waals surface area contributed by atoms with Gasteiger partial charge in [-0.05, 0) is 17.0 Å². The van der Waals surface area contributed by atoms with Gasteiger partial charge in [0, 0.05) is 11.6 Å². The number of ether oxygens (including phenoxy) is 1. The molecule has 0 saturated carbocycles. The van der Waals surface area contributed by atoms with E-state index in [9.17, 15) is 0 Å². The first-order valence-electron chi connectivity index (χ1n) is 7.02. The van der Waals surface area contributed by atoms with Gasteiger partial charge in [0.15, 0.2) is 0 Å². The second-order valence-corrected chi connectivity index (χ2v) is 5.04. The number of nitrogens with zero attached hydrogens (tertiary/aromatic N) is 2. The van der Waals surface area contributed by atoms with Crippen LogP contribution in [0.2, 0.25) is 0 Å². The predicted octanol–water partition coefficient (Wildman–Crippen LogP) is 3.75. The molecule has 21 heavy (non-hydrogen) atoms. The van der Waals surface area contributed by atoms with Gasteiger partial charge in [-0.1, -0.05) is 54.6 Å². The Labute approximate surface area is 122 Å². The maximum absolute atomic E-state index is 6.03. The van der Waals surface area contributed by atoms with E-state index in [1.54, 1.807) is 6.20 Å². The fraction of sp³-hybridized carbons (Fsp3) is 0.111. The molecule has 1 aliphatic rings. The van der Waals surface area contributed by atoms with Gasteiger partial charge in [0.05, 0.1) is 6.54 Å². The van der Waals surface area contributed by atoms with E-state index in [1.165, 1.54) is 0 Å². The van der Waals surface area contributed by atoms with Gasteiger partial charge in [-0.3, -0.25) is 4.98 Å². The summed E-state index contributed by atoms with van der Waals surface area (Å²) in [5.74, 6) is 0.639. The first kappa shape index (κ1) is 12.1. The molecular weight excluding hydrogens is 260 g/mol. The van der Waals surface area contributed by atoms with Gasteiger partial charge < -0.3 is 4.74 Å². The van der Waals surface area contributed by atoms with E-state index in [-0.39, 0.29) is 6.10 Å². The number of rotatable bonds is 2. The van der Waals surface area contributed by atoms with Crippen LogP contribution in [0.1, 0.15) is 17.4 Å². The van der Waals surface area contributed by atoms with Crippen LogP contribution in [0.15, 0.2) is 71.9 Å². The van der Waals surface area contributed by atoms with Gasteiger partial charge in [-0.2, -0.15) is 0 Å². The average molecular weight is 274 g/mol. The first-order valence-corrected chi connectivity index (χ1v) is 7.02. The molecule has 0 fully saturated rings. The molecule has 0 spiro atoms. The van der Waals surface area contributed by atoms with Gasteiger partial charge in [0.2, 0.25) is 5.90 Å². The van der Waals surface area contributed by atoms with Crippen LogP contribution in [-0.4, -0.2) is 17.4 Å². The van der Waals surface area contributed by atoms with Crippen molar-refractivity contribution in [2.75, 3.05) is 6.54 Å². The molecule has 0 amide bonds. The molecule has 0 aliphatic carbocycles. The lowest BCUT2D eigenvalue weighted by atomic mass is 10.1. The van der Waals surface area contributed by atoms with Crippen LogP contribution in [-0.2, 0) is 4.74 Å². The minimum Gasteiger partial charge on any atom is -0.466 e. The van der Waals surface area contributed by atoms with Gasteiger partial charge >= 0.3 is 0 Å². The molecule has 2 aromatic carbocycles. The second-order valence-electron chi connectivity index (χ2n) is 5.04. The Bertz CT molecular complexity index is 806. The Kier molecular flexibility index (Phi) is 2.89. The molecule has 0 radical (unpaired) electrons. The summed E-state index contributed by atoms with van der Waals surface area (Å²) >= 11 is 0. The predicted molar refractivity (Wildman–Crippen MR) is 83.4 cm³/mol. The molecule has 3 aromatic rings. The van der Waals surface area contributed by atoms with Crippen molar-refractivity contribution in [3.05, 3.63) is 78.1 Å². The van der Waals surface area contributed by atoms with Crippen molar-refractivity contribution in [3.8, 4) is 0 Å². The highest BCUT2D eigenvalue weighted by molar-refractivity contribution is 6.05. The Morgan fingerprint density at radius 1 is 0.905 bits per heavy atom. The Morgan fingerprint density at radius 2 is 1.71 bits per heavy atom. The summed E-state index contributed by atoms with van der Waals surface area (Å²) in [7, 11) is 0. The highest BCUT2D eigenvalue weighted by Crippen LogP contribution is 2.27. The van der Waals surface area contributed by atoms with Crippen LogP contribution >= 0.6 is 0 Å². The molecule has 0 saturated heterocycles. The molecule has 4 rings (SSSR count). The Morgan fingerprint density at radius 3 is 2.62 bits per heavy atom. The zero-order valence-corrected chi connectivity index (χ0v) is 11.4. The summed E-state index contributed by atoms with van der Waals surface area (Å²) in [4.78, 5) is 9.01. The maximum Gasteiger partial charge on any atom is 0.236 e. The summed E-state index contributed by atoms with van der Waals surface area (Å²) in [6, 6.07) is 20.4. The molecule has 0 N–H and O–H groups in total. The SMILES string of the molecule is c1ccc([C@H]2CN=C(c3nccc4ccccc34)O2)cc1. The zero-order valence-electron chi connectivity index (χ0n) is 11.4. The van der Waals surface area contributed by atoms with Crippen molar-refractivity contribution in [1.29, 1.82) is 0 Å². The molecule has 1 aromatic heterocycles. The third-order valence-corrected chi connectivity index (χ3v) is 3.70. The van der Waals surface area contributed by atoms with Crippen LogP contribution in [0, 0.1) is 0 Å². The minimum atomic E-state index is -0.0121. The van der Waals surface area contributed by atoms with Crippen LogP contribution < -0.4 is 0 Å². The van der Waals surface area contributed by atoms with E-state index in [0.29, 0.717) is 12.4 Å². The lowest BCUT2D eigenvalue weighted by Crippen LogP contribution is -2.08. The number of hydrogen-bond donors (Lipinski definition) is 0. The number of hydrogen-bond acceptors (Lipinski definition) is 3. The zero-order chi connectivity index (χ0) is 14.1. The Hall–Kier alpha value is -2.68. The number of pyridine rings is 1. The first-order chi connectivity index (χ1) is 10.4. The Balaban J connectivity index is 1.69. The lowest BCUT2D eigenvalue weighted by Gasteiger charge is -2.12. The summed E-state index contributed by atoms with van der Waals surface area (Å²) in [5.41, 5.74) is 1.98. The summed E-state index contributed by atoms with van der Waals surface area (Å²) in [5, 5.41) is 2.23.